The van der Waals surface area contributed by atoms with Gasteiger partial charge in [0.25, 0.3) is 0 Å². The van der Waals surface area contributed by atoms with Gasteiger partial charge in [-0.05, 0) is 53.3 Å². The van der Waals surface area contributed by atoms with Gasteiger partial charge in [0.1, 0.15) is 5.75 Å². The predicted molar refractivity (Wildman–Crippen MR) is 95.9 cm³/mol. The summed E-state index contributed by atoms with van der Waals surface area (Å²) in [6.45, 7) is 8.41. The highest BCUT2D eigenvalue weighted by molar-refractivity contribution is 8.01. The van der Waals surface area contributed by atoms with Crippen LogP contribution in [0.4, 0.5) is 0 Å². The van der Waals surface area contributed by atoms with Crippen LogP contribution in [0.25, 0.3) is 0 Å². The lowest BCUT2D eigenvalue weighted by Gasteiger charge is -2.21. The first-order valence-corrected chi connectivity index (χ1v) is 10.1. The van der Waals surface area contributed by atoms with Gasteiger partial charge in [0.15, 0.2) is 11.2 Å². The minimum Gasteiger partial charge on any atom is -0.611 e. The number of thiophene rings is 1. The molecule has 0 aliphatic carbocycles. The van der Waals surface area contributed by atoms with E-state index in [1.165, 1.54) is 16.9 Å². The van der Waals surface area contributed by atoms with Crippen LogP contribution in [0.1, 0.15) is 42.9 Å². The third-order valence-corrected chi connectivity index (χ3v) is 6.61. The van der Waals surface area contributed by atoms with Crippen LogP contribution in [0.15, 0.2) is 44.3 Å². The zero-order chi connectivity index (χ0) is 16.3. The van der Waals surface area contributed by atoms with Crippen LogP contribution < -0.4 is 0 Å². The van der Waals surface area contributed by atoms with Gasteiger partial charge in [0.2, 0.25) is 0 Å². The SMILES string of the molecule is CC[S+]([O-])c1cc(Sc2ccc(C=O)s2)cc(C(C)(C)C)c1. The summed E-state index contributed by atoms with van der Waals surface area (Å²) >= 11 is 2.14. The zero-order valence-electron chi connectivity index (χ0n) is 13.2. The molecule has 1 aromatic carbocycles. The highest BCUT2D eigenvalue weighted by Gasteiger charge is 2.19. The molecule has 2 rings (SSSR count). The van der Waals surface area contributed by atoms with Crippen molar-refractivity contribution in [3.05, 3.63) is 40.8 Å². The Balaban J connectivity index is 2.38. The van der Waals surface area contributed by atoms with E-state index >= 15 is 0 Å². The van der Waals surface area contributed by atoms with E-state index in [-0.39, 0.29) is 5.41 Å². The molecule has 5 heteroatoms. The molecular formula is C17H20O2S3. The van der Waals surface area contributed by atoms with E-state index in [1.807, 2.05) is 25.1 Å². The van der Waals surface area contributed by atoms with Gasteiger partial charge in [-0.25, -0.2) is 0 Å². The Morgan fingerprint density at radius 1 is 1.27 bits per heavy atom. The molecule has 0 saturated heterocycles. The maximum atomic E-state index is 12.2. The van der Waals surface area contributed by atoms with Crippen molar-refractivity contribution in [2.75, 3.05) is 5.75 Å². The van der Waals surface area contributed by atoms with Gasteiger partial charge < -0.3 is 4.55 Å². The van der Waals surface area contributed by atoms with Gasteiger partial charge in [-0.3, -0.25) is 4.79 Å². The summed E-state index contributed by atoms with van der Waals surface area (Å²) < 4.78 is 13.3. The van der Waals surface area contributed by atoms with E-state index in [0.717, 1.165) is 25.2 Å². The van der Waals surface area contributed by atoms with Crippen LogP contribution in [-0.4, -0.2) is 16.6 Å². The van der Waals surface area contributed by atoms with Gasteiger partial charge in [-0.2, -0.15) is 0 Å². The molecule has 118 valence electrons. The number of hydrogen-bond acceptors (Lipinski definition) is 4. The van der Waals surface area contributed by atoms with Crippen LogP contribution in [0, 0.1) is 0 Å². The number of hydrogen-bond donors (Lipinski definition) is 0. The summed E-state index contributed by atoms with van der Waals surface area (Å²) in [6, 6.07) is 9.99. The fourth-order valence-corrected chi connectivity index (χ4v) is 4.89. The summed E-state index contributed by atoms with van der Waals surface area (Å²) in [7, 11) is 0. The number of carbonyl (C=O) groups is 1. The van der Waals surface area contributed by atoms with Crippen molar-refractivity contribution in [1.82, 2.24) is 0 Å². The lowest BCUT2D eigenvalue weighted by Crippen LogP contribution is -2.13. The molecule has 1 atom stereocenters. The Labute approximate surface area is 143 Å². The summed E-state index contributed by atoms with van der Waals surface area (Å²) in [4.78, 5) is 13.5. The standard InChI is InChI=1S/C17H20O2S3/c1-5-22(19)15-9-12(17(2,3)4)8-14(10-15)21-16-7-6-13(11-18)20-16/h6-11H,5H2,1-4H3. The minimum absolute atomic E-state index is 0.00661. The summed E-state index contributed by atoms with van der Waals surface area (Å²) in [5.41, 5.74) is 1.19. The van der Waals surface area contributed by atoms with Crippen molar-refractivity contribution in [3.63, 3.8) is 0 Å². The third kappa shape index (κ3) is 4.38. The van der Waals surface area contributed by atoms with Crippen molar-refractivity contribution in [2.24, 2.45) is 0 Å². The molecule has 0 bridgehead atoms. The van der Waals surface area contributed by atoms with Crippen molar-refractivity contribution < 1.29 is 9.35 Å². The fraction of sp³-hybridized carbons (Fsp3) is 0.353. The van der Waals surface area contributed by atoms with E-state index in [1.54, 1.807) is 11.8 Å². The molecular weight excluding hydrogens is 332 g/mol. The Kier molecular flexibility index (Phi) is 5.77. The fourth-order valence-electron chi connectivity index (χ4n) is 1.93. The first kappa shape index (κ1) is 17.6. The molecule has 0 fully saturated rings. The van der Waals surface area contributed by atoms with Gasteiger partial charge in [-0.1, -0.05) is 32.5 Å². The second-order valence-corrected chi connectivity index (χ2v) is 10.2. The number of aldehydes is 1. The summed E-state index contributed by atoms with van der Waals surface area (Å²) in [5.74, 6) is 0.617. The molecule has 1 aromatic heterocycles. The Bertz CT molecular complexity index is 656. The topological polar surface area (TPSA) is 40.1 Å². The molecule has 1 heterocycles. The van der Waals surface area contributed by atoms with E-state index < -0.39 is 11.2 Å². The van der Waals surface area contributed by atoms with Crippen LogP contribution in [0.5, 0.6) is 0 Å². The first-order chi connectivity index (χ1) is 10.3. The highest BCUT2D eigenvalue weighted by atomic mass is 32.2. The van der Waals surface area contributed by atoms with Gasteiger partial charge in [0.05, 0.1) is 9.09 Å². The Hall–Kier alpha value is -0.750. The maximum Gasteiger partial charge on any atom is 0.160 e. The quantitative estimate of drug-likeness (QED) is 0.553. The zero-order valence-corrected chi connectivity index (χ0v) is 15.7. The largest absolute Gasteiger partial charge is 0.611 e. The smallest absolute Gasteiger partial charge is 0.160 e. The normalized spacial score (nSPS) is 13.1. The average Bonchev–Trinajstić information content (AvgIpc) is 2.92. The molecule has 0 amide bonds. The average molecular weight is 353 g/mol. The first-order valence-electron chi connectivity index (χ1n) is 7.10. The van der Waals surface area contributed by atoms with Crippen LogP contribution in [0.2, 0.25) is 0 Å². The van der Waals surface area contributed by atoms with Crippen LogP contribution in [-0.2, 0) is 16.6 Å². The van der Waals surface area contributed by atoms with Gasteiger partial charge in [-0.15, -0.1) is 11.3 Å². The monoisotopic (exact) mass is 352 g/mol. The number of benzene rings is 1. The Morgan fingerprint density at radius 3 is 2.55 bits per heavy atom. The molecule has 1 unspecified atom stereocenters. The summed E-state index contributed by atoms with van der Waals surface area (Å²) in [6.07, 6.45) is 0.873. The second-order valence-electron chi connectivity index (χ2n) is 5.95. The molecule has 0 spiro atoms. The lowest BCUT2D eigenvalue weighted by atomic mass is 9.87. The van der Waals surface area contributed by atoms with E-state index in [4.69, 9.17) is 0 Å². The molecule has 0 aliphatic heterocycles. The van der Waals surface area contributed by atoms with Crippen molar-refractivity contribution >= 4 is 40.6 Å². The second kappa shape index (κ2) is 7.21. The van der Waals surface area contributed by atoms with Crippen LogP contribution in [0.3, 0.4) is 0 Å². The van der Waals surface area contributed by atoms with Crippen molar-refractivity contribution in [1.29, 1.82) is 0 Å². The van der Waals surface area contributed by atoms with Crippen LogP contribution >= 0.6 is 23.1 Å². The summed E-state index contributed by atoms with van der Waals surface area (Å²) in [5, 5.41) is 0. The minimum atomic E-state index is -0.966. The molecule has 0 N–H and O–H groups in total. The van der Waals surface area contributed by atoms with E-state index in [2.05, 4.69) is 32.9 Å². The third-order valence-electron chi connectivity index (χ3n) is 3.21. The molecule has 2 nitrogen and oxygen atoms in total. The predicted octanol–water partition coefficient (Wildman–Crippen LogP) is 5.14. The van der Waals surface area contributed by atoms with E-state index in [9.17, 15) is 9.35 Å². The highest BCUT2D eigenvalue weighted by Crippen LogP contribution is 2.37. The van der Waals surface area contributed by atoms with Gasteiger partial charge >= 0.3 is 0 Å². The molecule has 0 radical (unpaired) electrons. The van der Waals surface area contributed by atoms with Crippen molar-refractivity contribution in [2.45, 2.75) is 47.1 Å². The Morgan fingerprint density at radius 2 is 2.00 bits per heavy atom. The molecule has 0 aliphatic rings. The number of rotatable bonds is 5. The van der Waals surface area contributed by atoms with Gasteiger partial charge in [0, 0.05) is 11.0 Å². The molecule has 2 aromatic rings. The molecule has 0 saturated carbocycles. The molecule has 22 heavy (non-hydrogen) atoms. The van der Waals surface area contributed by atoms with Crippen molar-refractivity contribution in [3.8, 4) is 0 Å². The number of carbonyl (C=O) groups excluding carboxylic acids is 1. The van der Waals surface area contributed by atoms with E-state index in [0.29, 0.717) is 5.75 Å². The lowest BCUT2D eigenvalue weighted by molar-refractivity contribution is 0.112. The maximum absolute atomic E-state index is 12.2.